The molecule has 0 heterocycles. The van der Waals surface area contributed by atoms with Crippen molar-refractivity contribution in [2.24, 2.45) is 0 Å². The molecule has 1 saturated carbocycles. The van der Waals surface area contributed by atoms with Crippen LogP contribution in [0.5, 0.6) is 0 Å². The molecule has 60 heavy (non-hydrogen) atoms. The molecule has 4 aliphatic carbocycles. The fourth-order valence-electron chi connectivity index (χ4n) is 12.2. The van der Waals surface area contributed by atoms with Gasteiger partial charge < -0.3 is 4.90 Å². The predicted octanol–water partition coefficient (Wildman–Crippen LogP) is 15.9. The third kappa shape index (κ3) is 4.87. The Morgan fingerprint density at radius 2 is 0.867 bits per heavy atom. The Morgan fingerprint density at radius 3 is 1.63 bits per heavy atom. The van der Waals surface area contributed by atoms with Gasteiger partial charge in [-0.05, 0) is 133 Å². The summed E-state index contributed by atoms with van der Waals surface area (Å²) in [5.74, 6) is 0. The zero-order chi connectivity index (χ0) is 40.4. The average Bonchev–Trinajstić information content (AvgIpc) is 4.01. The summed E-state index contributed by atoms with van der Waals surface area (Å²) < 4.78 is 0. The zero-order valence-corrected chi connectivity index (χ0v) is 35.0. The molecule has 0 bridgehead atoms. The molecular weight excluding hydrogens is 723 g/mol. The van der Waals surface area contributed by atoms with Crippen molar-refractivity contribution in [2.75, 3.05) is 4.90 Å². The molecule has 12 rings (SSSR count). The van der Waals surface area contributed by atoms with E-state index in [0.29, 0.717) is 0 Å². The Kier molecular flexibility index (Phi) is 7.56. The van der Waals surface area contributed by atoms with Crippen molar-refractivity contribution >= 4 is 17.1 Å². The molecule has 8 aromatic carbocycles. The van der Waals surface area contributed by atoms with Gasteiger partial charge in [0.05, 0.1) is 5.69 Å². The Labute approximate surface area is 355 Å². The summed E-state index contributed by atoms with van der Waals surface area (Å²) in [4.78, 5) is 2.56. The van der Waals surface area contributed by atoms with Crippen LogP contribution in [0.3, 0.4) is 0 Å². The highest BCUT2D eigenvalue weighted by Gasteiger charge is 2.45. The minimum absolute atomic E-state index is 0.0702. The number of nitrogens with zero attached hydrogens (tertiary/aromatic N) is 1. The van der Waals surface area contributed by atoms with E-state index < -0.39 is 0 Å². The highest BCUT2D eigenvalue weighted by atomic mass is 15.1. The number of fused-ring (bicyclic) bond motifs is 11. The minimum Gasteiger partial charge on any atom is -0.310 e. The van der Waals surface area contributed by atoms with Gasteiger partial charge in [0, 0.05) is 33.2 Å². The van der Waals surface area contributed by atoms with Crippen LogP contribution in [0.4, 0.5) is 17.1 Å². The van der Waals surface area contributed by atoms with Crippen LogP contribution in [0.1, 0.15) is 86.8 Å². The van der Waals surface area contributed by atoms with Crippen molar-refractivity contribution in [1.29, 1.82) is 0 Å². The first-order valence-electron chi connectivity index (χ1n) is 22.0. The van der Waals surface area contributed by atoms with Gasteiger partial charge in [-0.3, -0.25) is 0 Å². The maximum Gasteiger partial charge on any atom is 0.0540 e. The van der Waals surface area contributed by atoms with Crippen LogP contribution in [-0.2, 0) is 16.2 Å². The lowest BCUT2D eigenvalue weighted by molar-refractivity contribution is 0.550. The molecule has 1 spiro atoms. The van der Waals surface area contributed by atoms with Gasteiger partial charge in [0.25, 0.3) is 0 Å². The van der Waals surface area contributed by atoms with Crippen molar-refractivity contribution in [1.82, 2.24) is 0 Å². The normalized spacial score (nSPS) is 16.5. The van der Waals surface area contributed by atoms with Gasteiger partial charge in [0.2, 0.25) is 0 Å². The lowest BCUT2D eigenvalue weighted by Gasteiger charge is -2.31. The summed E-state index contributed by atoms with van der Waals surface area (Å²) in [5, 5.41) is 0. The van der Waals surface area contributed by atoms with Gasteiger partial charge in [0.1, 0.15) is 0 Å². The molecule has 4 aliphatic rings. The van der Waals surface area contributed by atoms with E-state index in [0.717, 1.165) is 5.69 Å². The molecule has 290 valence electrons. The quantitative estimate of drug-likeness (QED) is 0.168. The van der Waals surface area contributed by atoms with E-state index in [1.807, 2.05) is 0 Å². The first kappa shape index (κ1) is 35.5. The Balaban J connectivity index is 1.06. The molecule has 1 nitrogen and oxygen atoms in total. The van der Waals surface area contributed by atoms with Crippen molar-refractivity contribution in [2.45, 2.75) is 69.6 Å². The summed E-state index contributed by atoms with van der Waals surface area (Å²) in [6, 6.07) is 67.1. The van der Waals surface area contributed by atoms with E-state index in [9.17, 15) is 0 Å². The molecule has 0 unspecified atom stereocenters. The predicted molar refractivity (Wildman–Crippen MR) is 252 cm³/mol. The highest BCUT2D eigenvalue weighted by molar-refractivity contribution is 5.94. The molecule has 0 atom stereocenters. The minimum atomic E-state index is -0.115. The number of anilines is 3. The topological polar surface area (TPSA) is 3.24 Å². The van der Waals surface area contributed by atoms with E-state index in [2.05, 4.69) is 209 Å². The number of hydrogen-bond donors (Lipinski definition) is 0. The third-order valence-corrected chi connectivity index (χ3v) is 15.0. The number of benzene rings is 8. The largest absolute Gasteiger partial charge is 0.310 e. The van der Waals surface area contributed by atoms with Crippen LogP contribution in [0, 0.1) is 0 Å². The SMILES string of the molecule is CC1(C)c2ccccc2-c2ccc(-c3ccccc3N(c3cccc(-c4cccc5c4C(C)(C)c4ccccc4-5)c3)c3ccc4c(c3)C3(CCCC3)c3ccccc3-4)cc21. The lowest BCUT2D eigenvalue weighted by Crippen LogP contribution is -2.21. The van der Waals surface area contributed by atoms with Gasteiger partial charge >= 0.3 is 0 Å². The van der Waals surface area contributed by atoms with E-state index in [-0.39, 0.29) is 16.2 Å². The molecule has 0 radical (unpaired) electrons. The fraction of sp³-hybridized carbons (Fsp3) is 0.186. The summed E-state index contributed by atoms with van der Waals surface area (Å²) in [7, 11) is 0. The van der Waals surface area contributed by atoms with Crippen molar-refractivity contribution in [3.63, 3.8) is 0 Å². The van der Waals surface area contributed by atoms with Crippen LogP contribution in [0.25, 0.3) is 55.6 Å². The summed E-state index contributed by atoms with van der Waals surface area (Å²) in [6.07, 6.45) is 4.95. The Bertz CT molecular complexity index is 3060. The Morgan fingerprint density at radius 1 is 0.350 bits per heavy atom. The van der Waals surface area contributed by atoms with Gasteiger partial charge in [-0.25, -0.2) is 0 Å². The maximum atomic E-state index is 2.56. The summed E-state index contributed by atoms with van der Waals surface area (Å²) >= 11 is 0. The molecule has 8 aromatic rings. The molecule has 1 fully saturated rings. The Hall–Kier alpha value is -6.44. The van der Waals surface area contributed by atoms with Crippen LogP contribution in [-0.4, -0.2) is 0 Å². The van der Waals surface area contributed by atoms with E-state index >= 15 is 0 Å². The standard InChI is InChI=1S/C59H49N/c1-57(2)50-25-9-5-20-44(50)47-31-29-39(36-53(47)57)42-19-8-12-28-55(42)60(41-30-32-48-45-21-7-11-27-52(45)59(54(48)37-41)33-13-14-34-59)40-18-15-17-38(35-40)43-23-16-24-49-46-22-6-10-26-51(46)58(3,4)56(43)49/h5-12,15-32,35-37H,13-14,33-34H2,1-4H3. The van der Waals surface area contributed by atoms with Crippen molar-refractivity contribution < 1.29 is 0 Å². The van der Waals surface area contributed by atoms with Crippen molar-refractivity contribution in [3.05, 3.63) is 209 Å². The van der Waals surface area contributed by atoms with E-state index in [1.165, 1.54) is 126 Å². The second-order valence-electron chi connectivity index (χ2n) is 18.8. The average molecular weight is 772 g/mol. The van der Waals surface area contributed by atoms with Crippen molar-refractivity contribution in [3.8, 4) is 55.6 Å². The van der Waals surface area contributed by atoms with Gasteiger partial charge in [-0.1, -0.05) is 180 Å². The number of para-hydroxylation sites is 1. The maximum absolute atomic E-state index is 2.56. The van der Waals surface area contributed by atoms with Crippen LogP contribution in [0.15, 0.2) is 176 Å². The molecule has 0 amide bonds. The zero-order valence-electron chi connectivity index (χ0n) is 35.0. The first-order valence-corrected chi connectivity index (χ1v) is 22.0. The van der Waals surface area contributed by atoms with E-state index in [4.69, 9.17) is 0 Å². The van der Waals surface area contributed by atoms with Crippen LogP contribution < -0.4 is 4.90 Å². The lowest BCUT2D eigenvalue weighted by atomic mass is 9.76. The molecule has 1 heteroatoms. The van der Waals surface area contributed by atoms with Gasteiger partial charge in [-0.2, -0.15) is 0 Å². The first-order chi connectivity index (χ1) is 29.3. The van der Waals surface area contributed by atoms with Gasteiger partial charge in [-0.15, -0.1) is 0 Å². The summed E-state index contributed by atoms with van der Waals surface area (Å²) in [6.45, 7) is 9.55. The monoisotopic (exact) mass is 771 g/mol. The third-order valence-electron chi connectivity index (χ3n) is 15.0. The number of hydrogen-bond acceptors (Lipinski definition) is 1. The highest BCUT2D eigenvalue weighted by Crippen LogP contribution is 2.59. The molecule has 0 aliphatic heterocycles. The fourth-order valence-corrected chi connectivity index (χ4v) is 12.2. The molecule has 0 aromatic heterocycles. The van der Waals surface area contributed by atoms with E-state index in [1.54, 1.807) is 0 Å². The van der Waals surface area contributed by atoms with Crippen LogP contribution in [0.2, 0.25) is 0 Å². The molecular formula is C59H49N. The second kappa shape index (κ2) is 12.8. The van der Waals surface area contributed by atoms with Gasteiger partial charge in [0.15, 0.2) is 0 Å². The second-order valence-corrected chi connectivity index (χ2v) is 18.8. The summed E-state index contributed by atoms with van der Waals surface area (Å²) in [5.41, 5.74) is 25.3. The molecule has 0 N–H and O–H groups in total. The van der Waals surface area contributed by atoms with Crippen LogP contribution >= 0.6 is 0 Å². The number of rotatable bonds is 5. The smallest absolute Gasteiger partial charge is 0.0540 e. The molecule has 0 saturated heterocycles.